The number of benzene rings is 1. The highest BCUT2D eigenvalue weighted by Gasteiger charge is 2.23. The summed E-state index contributed by atoms with van der Waals surface area (Å²) < 4.78 is 5.03. The lowest BCUT2D eigenvalue weighted by Gasteiger charge is -2.27. The van der Waals surface area contributed by atoms with E-state index in [1.165, 1.54) is 4.90 Å². The number of amides is 3. The fourth-order valence-corrected chi connectivity index (χ4v) is 2.14. The summed E-state index contributed by atoms with van der Waals surface area (Å²) >= 11 is 5.79. The van der Waals surface area contributed by atoms with E-state index < -0.39 is 11.3 Å². The summed E-state index contributed by atoms with van der Waals surface area (Å²) in [5.41, 5.74) is 0.593. The maximum absolute atomic E-state index is 12.0. The van der Waals surface area contributed by atoms with Gasteiger partial charge in [-0.05, 0) is 45.0 Å². The molecule has 0 radical (unpaired) electrons. The molecule has 1 aromatic carbocycles. The van der Waals surface area contributed by atoms with E-state index in [1.54, 1.807) is 52.1 Å². The molecular weight excluding hydrogens is 346 g/mol. The Morgan fingerprint density at radius 1 is 1.12 bits per heavy atom. The molecule has 0 heterocycles. The Kier molecular flexibility index (Phi) is 8.21. The van der Waals surface area contributed by atoms with Crippen LogP contribution in [0.5, 0.6) is 5.75 Å². The number of nitrogens with one attached hydrogen (secondary N) is 2. The van der Waals surface area contributed by atoms with E-state index >= 15 is 0 Å². The molecule has 1 atom stereocenters. The fourth-order valence-electron chi connectivity index (χ4n) is 2.01. The SMILES string of the molecule is COc1ccc(NC(=O)CNC(=O)CN(C(=O)[C@H](C)Cl)C(C)C)cc1. The van der Waals surface area contributed by atoms with Gasteiger partial charge >= 0.3 is 0 Å². The molecule has 3 amide bonds. The van der Waals surface area contributed by atoms with Crippen LogP contribution in [-0.2, 0) is 14.4 Å². The normalized spacial score (nSPS) is 11.6. The van der Waals surface area contributed by atoms with Gasteiger partial charge in [-0.1, -0.05) is 0 Å². The number of hydrogen-bond acceptors (Lipinski definition) is 4. The molecule has 0 spiro atoms. The van der Waals surface area contributed by atoms with Gasteiger partial charge in [-0.25, -0.2) is 0 Å². The van der Waals surface area contributed by atoms with Gasteiger partial charge in [-0.3, -0.25) is 14.4 Å². The molecule has 0 aromatic heterocycles. The first-order valence-corrected chi connectivity index (χ1v) is 8.33. The van der Waals surface area contributed by atoms with Crippen LogP contribution in [0.2, 0.25) is 0 Å². The lowest BCUT2D eigenvalue weighted by molar-refractivity contribution is -0.137. The first kappa shape index (κ1) is 20.8. The predicted molar refractivity (Wildman–Crippen MR) is 96.8 cm³/mol. The minimum atomic E-state index is -0.714. The molecule has 1 aromatic rings. The molecule has 8 heteroatoms. The van der Waals surface area contributed by atoms with Crippen LogP contribution in [0, 0.1) is 0 Å². The number of hydrogen-bond donors (Lipinski definition) is 2. The average Bonchev–Trinajstić information content (AvgIpc) is 2.57. The standard InChI is InChI=1S/C17H24ClN3O4/c1-11(2)21(17(24)12(3)18)10-16(23)19-9-15(22)20-13-5-7-14(25-4)8-6-13/h5-8,11-12H,9-10H2,1-4H3,(H,19,23)(H,20,22)/t12-/m0/s1. The van der Waals surface area contributed by atoms with Crippen molar-refractivity contribution < 1.29 is 19.1 Å². The van der Waals surface area contributed by atoms with Crippen molar-refractivity contribution in [2.75, 3.05) is 25.5 Å². The first-order chi connectivity index (χ1) is 11.7. The van der Waals surface area contributed by atoms with Gasteiger partial charge in [0.05, 0.1) is 20.2 Å². The number of nitrogens with zero attached hydrogens (tertiary/aromatic N) is 1. The molecule has 7 nitrogen and oxygen atoms in total. The molecule has 0 aliphatic rings. The minimum absolute atomic E-state index is 0.149. The van der Waals surface area contributed by atoms with Gasteiger partial charge < -0.3 is 20.3 Å². The largest absolute Gasteiger partial charge is 0.497 e. The van der Waals surface area contributed by atoms with Crippen LogP contribution in [0.25, 0.3) is 0 Å². The summed E-state index contributed by atoms with van der Waals surface area (Å²) in [6.07, 6.45) is 0. The molecule has 0 aliphatic carbocycles. The van der Waals surface area contributed by atoms with Gasteiger partial charge in [0.2, 0.25) is 17.7 Å². The second kappa shape index (κ2) is 9.88. The van der Waals surface area contributed by atoms with Crippen molar-refractivity contribution >= 4 is 35.0 Å². The monoisotopic (exact) mass is 369 g/mol. The lowest BCUT2D eigenvalue weighted by Crippen LogP contribution is -2.47. The molecule has 0 aliphatic heterocycles. The number of carbonyl (C=O) groups excluding carboxylic acids is 3. The average molecular weight is 370 g/mol. The van der Waals surface area contributed by atoms with E-state index in [0.29, 0.717) is 11.4 Å². The van der Waals surface area contributed by atoms with Crippen molar-refractivity contribution in [3.63, 3.8) is 0 Å². The maximum Gasteiger partial charge on any atom is 0.243 e. The minimum Gasteiger partial charge on any atom is -0.497 e. The van der Waals surface area contributed by atoms with Crippen molar-refractivity contribution in [1.29, 1.82) is 0 Å². The molecule has 0 saturated carbocycles. The Labute approximate surface area is 152 Å². The van der Waals surface area contributed by atoms with Crippen molar-refractivity contribution in [3.8, 4) is 5.75 Å². The van der Waals surface area contributed by atoms with Gasteiger partial charge in [0.15, 0.2) is 0 Å². The summed E-state index contributed by atoms with van der Waals surface area (Å²) in [6.45, 7) is 4.80. The van der Waals surface area contributed by atoms with E-state index in [0.717, 1.165) is 0 Å². The summed E-state index contributed by atoms with van der Waals surface area (Å²) in [7, 11) is 1.55. The van der Waals surface area contributed by atoms with Crippen molar-refractivity contribution in [3.05, 3.63) is 24.3 Å². The second-order valence-electron chi connectivity index (χ2n) is 5.73. The summed E-state index contributed by atoms with van der Waals surface area (Å²) in [4.78, 5) is 37.2. The summed E-state index contributed by atoms with van der Waals surface area (Å²) in [5, 5.41) is 4.43. The lowest BCUT2D eigenvalue weighted by atomic mass is 10.2. The molecule has 0 bridgehead atoms. The smallest absolute Gasteiger partial charge is 0.243 e. The first-order valence-electron chi connectivity index (χ1n) is 7.89. The number of anilines is 1. The molecule has 0 fully saturated rings. The van der Waals surface area contributed by atoms with Crippen LogP contribution in [0.15, 0.2) is 24.3 Å². The number of methoxy groups -OCH3 is 1. The highest BCUT2D eigenvalue weighted by molar-refractivity contribution is 6.30. The molecule has 25 heavy (non-hydrogen) atoms. The molecule has 138 valence electrons. The second-order valence-corrected chi connectivity index (χ2v) is 6.38. The zero-order valence-corrected chi connectivity index (χ0v) is 15.6. The molecule has 0 saturated heterocycles. The third kappa shape index (κ3) is 7.01. The van der Waals surface area contributed by atoms with Crippen LogP contribution in [0.4, 0.5) is 5.69 Å². The van der Waals surface area contributed by atoms with Gasteiger partial charge in [0, 0.05) is 11.7 Å². The van der Waals surface area contributed by atoms with Gasteiger partial charge in [-0.2, -0.15) is 0 Å². The highest BCUT2D eigenvalue weighted by Crippen LogP contribution is 2.14. The Morgan fingerprint density at radius 3 is 2.20 bits per heavy atom. The molecule has 1 rings (SSSR count). The van der Waals surface area contributed by atoms with E-state index in [4.69, 9.17) is 16.3 Å². The van der Waals surface area contributed by atoms with Crippen molar-refractivity contribution in [1.82, 2.24) is 10.2 Å². The fraction of sp³-hybridized carbons (Fsp3) is 0.471. The Hall–Kier alpha value is -2.28. The maximum atomic E-state index is 12.0. The third-order valence-corrected chi connectivity index (χ3v) is 3.57. The Balaban J connectivity index is 2.48. The number of halogens is 1. The van der Waals surface area contributed by atoms with Crippen molar-refractivity contribution in [2.45, 2.75) is 32.2 Å². The van der Waals surface area contributed by atoms with Crippen LogP contribution in [-0.4, -0.2) is 54.2 Å². The summed E-state index contributed by atoms with van der Waals surface area (Å²) in [5.74, 6) is -0.441. The Bertz CT molecular complexity index is 602. The Morgan fingerprint density at radius 2 is 1.72 bits per heavy atom. The van der Waals surface area contributed by atoms with Gasteiger partial charge in [-0.15, -0.1) is 11.6 Å². The quantitative estimate of drug-likeness (QED) is 0.681. The van der Waals surface area contributed by atoms with Crippen LogP contribution >= 0.6 is 11.6 Å². The van der Waals surface area contributed by atoms with E-state index in [9.17, 15) is 14.4 Å². The molecule has 0 unspecified atom stereocenters. The number of ether oxygens (including phenoxy) is 1. The van der Waals surface area contributed by atoms with Gasteiger partial charge in [0.1, 0.15) is 11.1 Å². The van der Waals surface area contributed by atoms with Crippen LogP contribution < -0.4 is 15.4 Å². The zero-order valence-electron chi connectivity index (χ0n) is 14.8. The zero-order chi connectivity index (χ0) is 19.0. The van der Waals surface area contributed by atoms with Crippen LogP contribution in [0.3, 0.4) is 0 Å². The topological polar surface area (TPSA) is 87.7 Å². The highest BCUT2D eigenvalue weighted by atomic mass is 35.5. The summed E-state index contributed by atoms with van der Waals surface area (Å²) in [6, 6.07) is 6.65. The third-order valence-electron chi connectivity index (χ3n) is 3.38. The van der Waals surface area contributed by atoms with Gasteiger partial charge in [0.25, 0.3) is 0 Å². The number of rotatable bonds is 8. The van der Waals surface area contributed by atoms with Crippen LogP contribution in [0.1, 0.15) is 20.8 Å². The van der Waals surface area contributed by atoms with E-state index in [2.05, 4.69) is 10.6 Å². The number of carbonyl (C=O) groups is 3. The van der Waals surface area contributed by atoms with Crippen molar-refractivity contribution in [2.24, 2.45) is 0 Å². The van der Waals surface area contributed by atoms with E-state index in [-0.39, 0.29) is 30.9 Å². The molecule has 2 N–H and O–H groups in total. The van der Waals surface area contributed by atoms with E-state index in [1.807, 2.05) is 0 Å². The molecular formula is C17H24ClN3O4. The number of alkyl halides is 1. The predicted octanol–water partition coefficient (Wildman–Crippen LogP) is 1.61.